The van der Waals surface area contributed by atoms with E-state index in [0.29, 0.717) is 12.2 Å². The van der Waals surface area contributed by atoms with Gasteiger partial charge in [-0.25, -0.2) is 9.07 Å². The van der Waals surface area contributed by atoms with Crippen molar-refractivity contribution in [1.82, 2.24) is 19.7 Å². The summed E-state index contributed by atoms with van der Waals surface area (Å²) < 4.78 is 15.4. The summed E-state index contributed by atoms with van der Waals surface area (Å²) in [5.74, 6) is -0.261. The molecule has 0 unspecified atom stereocenters. The predicted octanol–water partition coefficient (Wildman–Crippen LogP) is 3.04. The second kappa shape index (κ2) is 6.49. The first-order valence-corrected chi connectivity index (χ1v) is 7.09. The van der Waals surface area contributed by atoms with Crippen molar-refractivity contribution in [1.29, 1.82) is 0 Å². The third kappa shape index (κ3) is 3.38. The molecule has 0 aliphatic heterocycles. The summed E-state index contributed by atoms with van der Waals surface area (Å²) in [6, 6.07) is 13.1. The second-order valence-corrected chi connectivity index (χ2v) is 5.22. The van der Waals surface area contributed by atoms with Gasteiger partial charge < -0.3 is 0 Å². The largest absolute Gasteiger partial charge is 0.296 e. The Labute approximate surface area is 128 Å². The van der Waals surface area contributed by atoms with E-state index in [2.05, 4.69) is 22.2 Å². The molecule has 2 heterocycles. The monoisotopic (exact) mass is 296 g/mol. The Kier molecular flexibility index (Phi) is 4.25. The summed E-state index contributed by atoms with van der Waals surface area (Å²) in [4.78, 5) is 6.12. The van der Waals surface area contributed by atoms with Gasteiger partial charge in [0.1, 0.15) is 5.82 Å². The van der Waals surface area contributed by atoms with Gasteiger partial charge in [-0.05, 0) is 42.9 Å². The van der Waals surface area contributed by atoms with Gasteiger partial charge in [0.25, 0.3) is 0 Å². The lowest BCUT2D eigenvalue weighted by atomic mass is 10.2. The molecule has 0 bridgehead atoms. The zero-order chi connectivity index (χ0) is 15.4. The molecule has 3 aromatic rings. The molecule has 1 aromatic carbocycles. The van der Waals surface area contributed by atoms with E-state index in [-0.39, 0.29) is 5.82 Å². The van der Waals surface area contributed by atoms with Gasteiger partial charge in [-0.1, -0.05) is 12.1 Å². The maximum Gasteiger partial charge on any atom is 0.146 e. The Morgan fingerprint density at radius 1 is 1.05 bits per heavy atom. The van der Waals surface area contributed by atoms with Gasteiger partial charge in [0.15, 0.2) is 0 Å². The normalized spacial score (nSPS) is 11.0. The van der Waals surface area contributed by atoms with E-state index < -0.39 is 0 Å². The van der Waals surface area contributed by atoms with Crippen LogP contribution in [0.3, 0.4) is 0 Å². The molecule has 0 spiro atoms. The van der Waals surface area contributed by atoms with E-state index in [1.807, 2.05) is 41.0 Å². The molecule has 2 aromatic heterocycles. The molecule has 0 fully saturated rings. The van der Waals surface area contributed by atoms with Crippen molar-refractivity contribution < 1.29 is 4.39 Å². The molecule has 0 radical (unpaired) electrons. The summed E-state index contributed by atoms with van der Waals surface area (Å²) >= 11 is 0. The Balaban J connectivity index is 1.64. The maximum absolute atomic E-state index is 13.6. The molecule has 0 amide bonds. The maximum atomic E-state index is 13.6. The lowest BCUT2D eigenvalue weighted by Gasteiger charge is -2.16. The summed E-state index contributed by atoms with van der Waals surface area (Å²) in [6.45, 7) is 1.21. The highest BCUT2D eigenvalue weighted by Crippen LogP contribution is 2.12. The smallest absolute Gasteiger partial charge is 0.146 e. The molecule has 0 atom stereocenters. The van der Waals surface area contributed by atoms with Crippen molar-refractivity contribution in [2.45, 2.75) is 13.1 Å². The SMILES string of the molecule is CN(Cc1ccc(-n2cccn2)cc1)Cc1ncccc1F. The molecule has 0 aliphatic rings. The van der Waals surface area contributed by atoms with Gasteiger partial charge >= 0.3 is 0 Å². The highest BCUT2D eigenvalue weighted by Gasteiger charge is 2.07. The van der Waals surface area contributed by atoms with E-state index in [1.165, 1.54) is 6.07 Å². The van der Waals surface area contributed by atoms with Gasteiger partial charge in [0.2, 0.25) is 0 Å². The average Bonchev–Trinajstić information content (AvgIpc) is 3.05. The van der Waals surface area contributed by atoms with E-state index in [4.69, 9.17) is 0 Å². The Hall–Kier alpha value is -2.53. The van der Waals surface area contributed by atoms with Crippen LogP contribution in [0.2, 0.25) is 0 Å². The van der Waals surface area contributed by atoms with E-state index in [1.54, 1.807) is 18.5 Å². The van der Waals surface area contributed by atoms with E-state index in [9.17, 15) is 4.39 Å². The molecule has 5 heteroatoms. The van der Waals surface area contributed by atoms with Crippen LogP contribution in [0.4, 0.5) is 4.39 Å². The van der Waals surface area contributed by atoms with Crippen LogP contribution in [0.25, 0.3) is 5.69 Å². The van der Waals surface area contributed by atoms with Crippen LogP contribution in [-0.4, -0.2) is 26.7 Å². The predicted molar refractivity (Wildman–Crippen MR) is 82.9 cm³/mol. The Morgan fingerprint density at radius 3 is 2.55 bits per heavy atom. The fraction of sp³-hybridized carbons (Fsp3) is 0.176. The number of hydrogen-bond donors (Lipinski definition) is 0. The average molecular weight is 296 g/mol. The molecule has 4 nitrogen and oxygen atoms in total. The molecule has 3 rings (SSSR count). The molecule has 0 aliphatic carbocycles. The first kappa shape index (κ1) is 14.4. The number of halogens is 1. The van der Waals surface area contributed by atoms with Crippen LogP contribution in [-0.2, 0) is 13.1 Å². The van der Waals surface area contributed by atoms with Crippen LogP contribution in [0, 0.1) is 5.82 Å². The summed E-state index contributed by atoms with van der Waals surface area (Å²) in [5.41, 5.74) is 2.65. The third-order valence-corrected chi connectivity index (χ3v) is 3.41. The minimum absolute atomic E-state index is 0.261. The fourth-order valence-corrected chi connectivity index (χ4v) is 2.33. The zero-order valence-corrected chi connectivity index (χ0v) is 12.4. The first-order valence-electron chi connectivity index (χ1n) is 7.09. The number of aromatic nitrogens is 3. The molecule has 22 heavy (non-hydrogen) atoms. The van der Waals surface area contributed by atoms with Crippen LogP contribution >= 0.6 is 0 Å². The standard InChI is InChI=1S/C17H17FN4/c1-21(13-17-16(18)4-2-9-19-17)12-14-5-7-15(8-6-14)22-11-3-10-20-22/h2-11H,12-13H2,1H3. The molecule has 0 N–H and O–H groups in total. The molecular weight excluding hydrogens is 279 g/mol. The van der Waals surface area contributed by atoms with Gasteiger partial charge in [0.05, 0.1) is 11.4 Å². The Morgan fingerprint density at radius 2 is 1.86 bits per heavy atom. The first-order chi connectivity index (χ1) is 10.7. The molecular formula is C17H17FN4. The Bertz CT molecular complexity index is 723. The number of benzene rings is 1. The highest BCUT2D eigenvalue weighted by atomic mass is 19.1. The van der Waals surface area contributed by atoms with Crippen LogP contribution in [0.15, 0.2) is 61.1 Å². The lowest BCUT2D eigenvalue weighted by Crippen LogP contribution is -2.18. The zero-order valence-electron chi connectivity index (χ0n) is 12.4. The van der Waals surface area contributed by atoms with Gasteiger partial charge in [-0.3, -0.25) is 9.88 Å². The van der Waals surface area contributed by atoms with Crippen molar-refractivity contribution in [3.05, 3.63) is 78.1 Å². The summed E-state index contributed by atoms with van der Waals surface area (Å²) in [7, 11) is 1.95. The van der Waals surface area contributed by atoms with Crippen molar-refractivity contribution in [3.63, 3.8) is 0 Å². The van der Waals surface area contributed by atoms with E-state index >= 15 is 0 Å². The lowest BCUT2D eigenvalue weighted by molar-refractivity contribution is 0.309. The molecule has 0 saturated carbocycles. The van der Waals surface area contributed by atoms with Crippen molar-refractivity contribution in [3.8, 4) is 5.69 Å². The van der Waals surface area contributed by atoms with Crippen LogP contribution in [0.1, 0.15) is 11.3 Å². The van der Waals surface area contributed by atoms with Gasteiger partial charge in [-0.2, -0.15) is 5.10 Å². The topological polar surface area (TPSA) is 34.0 Å². The minimum atomic E-state index is -0.261. The quantitative estimate of drug-likeness (QED) is 0.725. The van der Waals surface area contributed by atoms with E-state index in [0.717, 1.165) is 17.8 Å². The number of hydrogen-bond acceptors (Lipinski definition) is 3. The van der Waals surface area contributed by atoms with Crippen molar-refractivity contribution >= 4 is 0 Å². The highest BCUT2D eigenvalue weighted by molar-refractivity contribution is 5.33. The molecule has 112 valence electrons. The van der Waals surface area contributed by atoms with Crippen molar-refractivity contribution in [2.24, 2.45) is 0 Å². The third-order valence-electron chi connectivity index (χ3n) is 3.41. The number of nitrogens with zero attached hydrogens (tertiary/aromatic N) is 4. The summed E-state index contributed by atoms with van der Waals surface area (Å²) in [5, 5.41) is 4.20. The summed E-state index contributed by atoms with van der Waals surface area (Å²) in [6.07, 6.45) is 5.28. The second-order valence-electron chi connectivity index (χ2n) is 5.22. The number of pyridine rings is 1. The minimum Gasteiger partial charge on any atom is -0.296 e. The van der Waals surface area contributed by atoms with Crippen molar-refractivity contribution in [2.75, 3.05) is 7.05 Å². The van der Waals surface area contributed by atoms with Gasteiger partial charge in [0, 0.05) is 31.7 Å². The van der Waals surface area contributed by atoms with Gasteiger partial charge in [-0.15, -0.1) is 0 Å². The van der Waals surface area contributed by atoms with Crippen LogP contribution in [0.5, 0.6) is 0 Å². The molecule has 0 saturated heterocycles. The number of rotatable bonds is 5. The van der Waals surface area contributed by atoms with Crippen LogP contribution < -0.4 is 0 Å². The fourth-order valence-electron chi connectivity index (χ4n) is 2.33.